The normalized spacial score (nSPS) is 11.0. The van der Waals surface area contributed by atoms with Crippen LogP contribution in [0.25, 0.3) is 0 Å². The number of carbonyl (C=O) groups is 1. The SMILES string of the molecule is Cc1ccc(CCc2c(C)cc(C(=O)CC(C)C)cc2C)cc1. The van der Waals surface area contributed by atoms with Crippen molar-refractivity contribution in [1.82, 2.24) is 0 Å². The highest BCUT2D eigenvalue weighted by Gasteiger charge is 2.12. The number of carbonyl (C=O) groups excluding carboxylic acids is 1. The molecule has 0 unspecified atom stereocenters. The van der Waals surface area contributed by atoms with Gasteiger partial charge in [0.05, 0.1) is 0 Å². The van der Waals surface area contributed by atoms with E-state index in [1.807, 2.05) is 0 Å². The molecule has 23 heavy (non-hydrogen) atoms. The lowest BCUT2D eigenvalue weighted by atomic mass is 9.91. The van der Waals surface area contributed by atoms with E-state index >= 15 is 0 Å². The van der Waals surface area contributed by atoms with Crippen molar-refractivity contribution in [3.63, 3.8) is 0 Å². The Kier molecular flexibility index (Phi) is 5.76. The van der Waals surface area contributed by atoms with E-state index in [0.717, 1.165) is 18.4 Å². The molecule has 0 spiro atoms. The molecule has 122 valence electrons. The minimum atomic E-state index is 0.260. The van der Waals surface area contributed by atoms with Gasteiger partial charge in [-0.3, -0.25) is 4.79 Å². The minimum absolute atomic E-state index is 0.260. The summed E-state index contributed by atoms with van der Waals surface area (Å²) in [5.74, 6) is 0.667. The maximum Gasteiger partial charge on any atom is 0.163 e. The Labute approximate surface area is 140 Å². The summed E-state index contributed by atoms with van der Waals surface area (Å²) in [5.41, 5.74) is 7.40. The molecule has 2 aromatic carbocycles. The second-order valence-electron chi connectivity index (χ2n) is 7.10. The minimum Gasteiger partial charge on any atom is -0.294 e. The molecule has 0 saturated carbocycles. The maximum atomic E-state index is 12.3. The number of aryl methyl sites for hydroxylation is 4. The van der Waals surface area contributed by atoms with Gasteiger partial charge in [-0.05, 0) is 73.9 Å². The van der Waals surface area contributed by atoms with Crippen LogP contribution in [-0.4, -0.2) is 5.78 Å². The zero-order chi connectivity index (χ0) is 17.0. The van der Waals surface area contributed by atoms with Crippen LogP contribution in [0.2, 0.25) is 0 Å². The predicted octanol–water partition coefficient (Wildman–Crippen LogP) is 5.63. The highest BCUT2D eigenvalue weighted by atomic mass is 16.1. The Morgan fingerprint density at radius 3 is 2.00 bits per heavy atom. The second-order valence-corrected chi connectivity index (χ2v) is 7.10. The van der Waals surface area contributed by atoms with E-state index in [1.165, 1.54) is 27.8 Å². The van der Waals surface area contributed by atoms with Gasteiger partial charge >= 0.3 is 0 Å². The average molecular weight is 308 g/mol. The van der Waals surface area contributed by atoms with E-state index in [9.17, 15) is 4.79 Å². The van der Waals surface area contributed by atoms with Crippen molar-refractivity contribution in [2.75, 3.05) is 0 Å². The lowest BCUT2D eigenvalue weighted by molar-refractivity contribution is 0.0967. The van der Waals surface area contributed by atoms with Gasteiger partial charge < -0.3 is 0 Å². The summed E-state index contributed by atoms with van der Waals surface area (Å²) < 4.78 is 0. The van der Waals surface area contributed by atoms with Crippen LogP contribution in [0.15, 0.2) is 36.4 Å². The molecule has 0 saturated heterocycles. The third-order valence-electron chi connectivity index (χ3n) is 4.40. The molecule has 2 rings (SSSR count). The number of benzene rings is 2. The zero-order valence-corrected chi connectivity index (χ0v) is 15.1. The van der Waals surface area contributed by atoms with E-state index in [-0.39, 0.29) is 5.78 Å². The van der Waals surface area contributed by atoms with Crippen molar-refractivity contribution in [3.05, 3.63) is 69.8 Å². The summed E-state index contributed by atoms with van der Waals surface area (Å²) in [6.07, 6.45) is 2.70. The first-order valence-electron chi connectivity index (χ1n) is 8.55. The molecule has 0 atom stereocenters. The molecule has 0 heterocycles. The van der Waals surface area contributed by atoms with Crippen LogP contribution in [0.1, 0.15) is 58.4 Å². The van der Waals surface area contributed by atoms with Crippen molar-refractivity contribution < 1.29 is 4.79 Å². The third kappa shape index (κ3) is 4.79. The third-order valence-corrected chi connectivity index (χ3v) is 4.40. The molecular formula is C22H28O. The van der Waals surface area contributed by atoms with Crippen molar-refractivity contribution in [2.24, 2.45) is 5.92 Å². The molecule has 0 N–H and O–H groups in total. The van der Waals surface area contributed by atoms with Gasteiger partial charge in [-0.25, -0.2) is 0 Å². The maximum absolute atomic E-state index is 12.3. The Balaban J connectivity index is 2.13. The van der Waals surface area contributed by atoms with Gasteiger partial charge in [0, 0.05) is 12.0 Å². The fourth-order valence-corrected chi connectivity index (χ4v) is 3.06. The lowest BCUT2D eigenvalue weighted by Gasteiger charge is -2.13. The first kappa shape index (κ1) is 17.5. The zero-order valence-electron chi connectivity index (χ0n) is 15.1. The Hall–Kier alpha value is -1.89. The van der Waals surface area contributed by atoms with Crippen molar-refractivity contribution in [2.45, 2.75) is 53.9 Å². The molecular weight excluding hydrogens is 280 g/mol. The number of Topliss-reactive ketones (excluding diaryl/α,β-unsaturated/α-hetero) is 1. The monoisotopic (exact) mass is 308 g/mol. The van der Waals surface area contributed by atoms with Gasteiger partial charge in [0.2, 0.25) is 0 Å². The van der Waals surface area contributed by atoms with E-state index in [4.69, 9.17) is 0 Å². The highest BCUT2D eigenvalue weighted by molar-refractivity contribution is 5.96. The van der Waals surface area contributed by atoms with E-state index in [1.54, 1.807) is 0 Å². The molecule has 2 aromatic rings. The first-order valence-corrected chi connectivity index (χ1v) is 8.55. The smallest absolute Gasteiger partial charge is 0.163 e. The van der Waals surface area contributed by atoms with Gasteiger partial charge in [-0.15, -0.1) is 0 Å². The van der Waals surface area contributed by atoms with Crippen LogP contribution >= 0.6 is 0 Å². The van der Waals surface area contributed by atoms with Crippen molar-refractivity contribution in [1.29, 1.82) is 0 Å². The van der Waals surface area contributed by atoms with E-state index in [2.05, 4.69) is 71.0 Å². The number of hydrogen-bond acceptors (Lipinski definition) is 1. The second kappa shape index (κ2) is 7.59. The van der Waals surface area contributed by atoms with Gasteiger partial charge in [0.25, 0.3) is 0 Å². The number of hydrogen-bond donors (Lipinski definition) is 0. The quantitative estimate of drug-likeness (QED) is 0.632. The van der Waals surface area contributed by atoms with E-state index in [0.29, 0.717) is 12.3 Å². The molecule has 0 bridgehead atoms. The van der Waals surface area contributed by atoms with Crippen LogP contribution in [-0.2, 0) is 12.8 Å². The highest BCUT2D eigenvalue weighted by Crippen LogP contribution is 2.21. The molecule has 1 heteroatoms. The summed E-state index contributed by atoms with van der Waals surface area (Å²) >= 11 is 0. The van der Waals surface area contributed by atoms with E-state index < -0.39 is 0 Å². The van der Waals surface area contributed by atoms with Crippen LogP contribution < -0.4 is 0 Å². The number of ketones is 1. The topological polar surface area (TPSA) is 17.1 Å². The summed E-state index contributed by atoms with van der Waals surface area (Å²) in [6.45, 7) is 10.6. The van der Waals surface area contributed by atoms with Gasteiger partial charge in [-0.2, -0.15) is 0 Å². The lowest BCUT2D eigenvalue weighted by Crippen LogP contribution is -2.06. The molecule has 0 radical (unpaired) electrons. The number of rotatable bonds is 6. The molecule has 0 amide bonds. The van der Waals surface area contributed by atoms with Gasteiger partial charge in [-0.1, -0.05) is 43.7 Å². The molecule has 0 aliphatic rings. The summed E-state index contributed by atoms with van der Waals surface area (Å²) in [4.78, 5) is 12.3. The average Bonchev–Trinajstić information content (AvgIpc) is 2.47. The van der Waals surface area contributed by atoms with Crippen LogP contribution in [0.5, 0.6) is 0 Å². The largest absolute Gasteiger partial charge is 0.294 e. The summed E-state index contributed by atoms with van der Waals surface area (Å²) in [7, 11) is 0. The van der Waals surface area contributed by atoms with Crippen LogP contribution in [0, 0.1) is 26.7 Å². The fourth-order valence-electron chi connectivity index (χ4n) is 3.06. The Morgan fingerprint density at radius 2 is 1.48 bits per heavy atom. The fraction of sp³-hybridized carbons (Fsp3) is 0.409. The van der Waals surface area contributed by atoms with Crippen molar-refractivity contribution >= 4 is 5.78 Å². The summed E-state index contributed by atoms with van der Waals surface area (Å²) in [5, 5.41) is 0. The Bertz CT molecular complexity index is 655. The molecule has 0 aromatic heterocycles. The van der Waals surface area contributed by atoms with Crippen LogP contribution in [0.3, 0.4) is 0 Å². The molecule has 0 fully saturated rings. The van der Waals surface area contributed by atoms with Crippen molar-refractivity contribution in [3.8, 4) is 0 Å². The van der Waals surface area contributed by atoms with Gasteiger partial charge in [0.1, 0.15) is 0 Å². The summed E-state index contributed by atoms with van der Waals surface area (Å²) in [6, 6.07) is 12.9. The molecule has 1 nitrogen and oxygen atoms in total. The Morgan fingerprint density at radius 1 is 0.913 bits per heavy atom. The standard InChI is InChI=1S/C22H28O/c1-15(2)12-22(23)20-13-17(4)21(18(5)14-20)11-10-19-8-6-16(3)7-9-19/h6-9,13-15H,10-12H2,1-5H3. The molecule has 0 aliphatic heterocycles. The predicted molar refractivity (Wildman–Crippen MR) is 98.3 cm³/mol. The molecule has 0 aliphatic carbocycles. The van der Waals surface area contributed by atoms with Crippen LogP contribution in [0.4, 0.5) is 0 Å². The first-order chi connectivity index (χ1) is 10.9. The van der Waals surface area contributed by atoms with Gasteiger partial charge in [0.15, 0.2) is 5.78 Å².